The minimum Gasteiger partial charge on any atom is -0.203 e. The second-order valence-electron chi connectivity index (χ2n) is 13.0. The van der Waals surface area contributed by atoms with Gasteiger partial charge in [0.25, 0.3) is 0 Å². The summed E-state index contributed by atoms with van der Waals surface area (Å²) in [5.41, 5.74) is 2.03. The Morgan fingerprint density at radius 1 is 0.763 bits per heavy atom. The molecule has 0 spiro atoms. The summed E-state index contributed by atoms with van der Waals surface area (Å²) < 4.78 is 29.2. The van der Waals surface area contributed by atoms with Gasteiger partial charge < -0.3 is 0 Å². The molecular formula is C36H54F2. The summed E-state index contributed by atoms with van der Waals surface area (Å²) in [6.07, 6.45) is 31.2. The molecule has 2 fully saturated rings. The molecule has 0 radical (unpaired) electrons. The van der Waals surface area contributed by atoms with E-state index in [2.05, 4.69) is 25.2 Å². The van der Waals surface area contributed by atoms with Crippen LogP contribution in [0, 0.1) is 41.2 Å². The van der Waals surface area contributed by atoms with Gasteiger partial charge in [-0.15, -0.1) is 0 Å². The topological polar surface area (TPSA) is 0 Å². The Kier molecular flexibility index (Phi) is 12.0. The van der Waals surface area contributed by atoms with Crippen molar-refractivity contribution >= 4 is 5.57 Å². The standard InChI is InChI=1S/C36H54F2/c1-3-5-6-7-8-10-27-13-19-30(20-14-27)31-21-15-28(16-22-31)11-12-29-17-23-32(24-18-29)34-26-25-33(9-4-2)35(37)36(34)38/h3,5,23,25-31H,4,6-22,24H2,1-2H3. The molecule has 1 unspecified atom stereocenters. The van der Waals surface area contributed by atoms with E-state index in [1.54, 1.807) is 6.07 Å². The predicted molar refractivity (Wildman–Crippen MR) is 159 cm³/mol. The molecule has 0 aromatic heterocycles. The van der Waals surface area contributed by atoms with Gasteiger partial charge in [0, 0.05) is 5.56 Å². The molecule has 0 amide bonds. The summed E-state index contributed by atoms with van der Waals surface area (Å²) in [5, 5.41) is 0. The van der Waals surface area contributed by atoms with E-state index in [0.717, 1.165) is 60.8 Å². The van der Waals surface area contributed by atoms with Crippen LogP contribution in [0.5, 0.6) is 0 Å². The average molecular weight is 525 g/mol. The lowest BCUT2D eigenvalue weighted by molar-refractivity contribution is 0.138. The lowest BCUT2D eigenvalue weighted by Crippen LogP contribution is -2.26. The largest absolute Gasteiger partial charge is 0.203 e. The first-order valence-corrected chi connectivity index (χ1v) is 16.4. The molecule has 4 rings (SSSR count). The minimum atomic E-state index is -0.633. The molecular weight excluding hydrogens is 470 g/mol. The lowest BCUT2D eigenvalue weighted by Gasteiger charge is -2.38. The molecule has 0 saturated heterocycles. The fourth-order valence-corrected chi connectivity index (χ4v) is 7.93. The van der Waals surface area contributed by atoms with Crippen molar-refractivity contribution in [2.75, 3.05) is 0 Å². The van der Waals surface area contributed by atoms with Crippen molar-refractivity contribution in [2.24, 2.45) is 29.6 Å². The van der Waals surface area contributed by atoms with Crippen LogP contribution in [-0.4, -0.2) is 0 Å². The molecule has 2 heteroatoms. The molecule has 1 aromatic rings. The second-order valence-corrected chi connectivity index (χ2v) is 13.0. The van der Waals surface area contributed by atoms with Crippen LogP contribution in [0.3, 0.4) is 0 Å². The third-order valence-corrected chi connectivity index (χ3v) is 10.4. The first kappa shape index (κ1) is 29.5. The lowest BCUT2D eigenvalue weighted by atomic mass is 9.68. The molecule has 2 saturated carbocycles. The number of unbranched alkanes of at least 4 members (excludes halogenated alkanes) is 2. The van der Waals surface area contributed by atoms with Crippen LogP contribution in [0.4, 0.5) is 8.78 Å². The number of aryl methyl sites for hydroxylation is 1. The zero-order chi connectivity index (χ0) is 26.7. The van der Waals surface area contributed by atoms with Crippen LogP contribution in [-0.2, 0) is 6.42 Å². The van der Waals surface area contributed by atoms with Gasteiger partial charge in [0.15, 0.2) is 11.6 Å². The highest BCUT2D eigenvalue weighted by atomic mass is 19.2. The number of hydrogen-bond acceptors (Lipinski definition) is 0. The maximum absolute atomic E-state index is 14.7. The Morgan fingerprint density at radius 2 is 1.42 bits per heavy atom. The fraction of sp³-hybridized carbons (Fsp3) is 0.722. The van der Waals surface area contributed by atoms with Gasteiger partial charge in [-0.3, -0.25) is 0 Å². The highest BCUT2D eigenvalue weighted by Gasteiger charge is 2.31. The highest BCUT2D eigenvalue weighted by molar-refractivity contribution is 5.67. The van der Waals surface area contributed by atoms with Crippen molar-refractivity contribution in [1.82, 2.24) is 0 Å². The molecule has 0 N–H and O–H groups in total. The van der Waals surface area contributed by atoms with Gasteiger partial charge in [-0.25, -0.2) is 8.78 Å². The van der Waals surface area contributed by atoms with Crippen molar-refractivity contribution in [3.05, 3.63) is 53.1 Å². The maximum Gasteiger partial charge on any atom is 0.166 e. The predicted octanol–water partition coefficient (Wildman–Crippen LogP) is 11.6. The van der Waals surface area contributed by atoms with Gasteiger partial charge in [-0.1, -0.05) is 88.7 Å². The van der Waals surface area contributed by atoms with E-state index >= 15 is 0 Å². The number of rotatable bonds is 12. The van der Waals surface area contributed by atoms with Crippen LogP contribution in [0.25, 0.3) is 5.57 Å². The summed E-state index contributed by atoms with van der Waals surface area (Å²) in [4.78, 5) is 0. The van der Waals surface area contributed by atoms with Crippen molar-refractivity contribution in [3.63, 3.8) is 0 Å². The third kappa shape index (κ3) is 8.28. The number of allylic oxidation sites excluding steroid dienone is 4. The van der Waals surface area contributed by atoms with E-state index < -0.39 is 11.6 Å². The Morgan fingerprint density at radius 3 is 2.03 bits per heavy atom. The van der Waals surface area contributed by atoms with Crippen LogP contribution in [0.1, 0.15) is 141 Å². The third-order valence-electron chi connectivity index (χ3n) is 10.4. The Labute approximate surface area is 232 Å². The highest BCUT2D eigenvalue weighted by Crippen LogP contribution is 2.44. The Bertz CT molecular complexity index is 896. The summed E-state index contributed by atoms with van der Waals surface area (Å²) in [7, 11) is 0. The van der Waals surface area contributed by atoms with Crippen molar-refractivity contribution in [3.8, 4) is 0 Å². The van der Waals surface area contributed by atoms with E-state index in [9.17, 15) is 8.78 Å². The van der Waals surface area contributed by atoms with Gasteiger partial charge >= 0.3 is 0 Å². The summed E-state index contributed by atoms with van der Waals surface area (Å²) in [6.45, 7) is 4.13. The van der Waals surface area contributed by atoms with Crippen molar-refractivity contribution in [1.29, 1.82) is 0 Å². The average Bonchev–Trinajstić information content (AvgIpc) is 2.95. The molecule has 3 aliphatic rings. The zero-order valence-electron chi connectivity index (χ0n) is 24.5. The molecule has 0 aliphatic heterocycles. The number of hydrogen-bond donors (Lipinski definition) is 0. The molecule has 1 atom stereocenters. The zero-order valence-corrected chi connectivity index (χ0v) is 24.5. The first-order chi connectivity index (χ1) is 18.6. The van der Waals surface area contributed by atoms with E-state index in [0.29, 0.717) is 17.5 Å². The Balaban J connectivity index is 1.12. The number of halogens is 2. The van der Waals surface area contributed by atoms with Crippen LogP contribution in [0.15, 0.2) is 30.4 Å². The van der Waals surface area contributed by atoms with Crippen LogP contribution >= 0.6 is 0 Å². The molecule has 38 heavy (non-hydrogen) atoms. The van der Waals surface area contributed by atoms with Crippen LogP contribution in [0.2, 0.25) is 0 Å². The van der Waals surface area contributed by atoms with Gasteiger partial charge in [0.1, 0.15) is 0 Å². The van der Waals surface area contributed by atoms with E-state index in [4.69, 9.17) is 0 Å². The monoisotopic (exact) mass is 524 g/mol. The molecule has 3 aliphatic carbocycles. The maximum atomic E-state index is 14.7. The Hall–Kier alpha value is -1.44. The quantitative estimate of drug-likeness (QED) is 0.188. The summed E-state index contributed by atoms with van der Waals surface area (Å²) >= 11 is 0. The molecule has 0 nitrogen and oxygen atoms in total. The van der Waals surface area contributed by atoms with E-state index in [1.165, 1.54) is 89.9 Å². The smallest absolute Gasteiger partial charge is 0.166 e. The molecule has 1 aromatic carbocycles. The van der Waals surface area contributed by atoms with Crippen LogP contribution < -0.4 is 0 Å². The second kappa shape index (κ2) is 15.4. The molecule has 0 bridgehead atoms. The van der Waals surface area contributed by atoms with Crippen molar-refractivity contribution < 1.29 is 8.78 Å². The summed E-state index contributed by atoms with van der Waals surface area (Å²) in [6, 6.07) is 3.60. The fourth-order valence-electron chi connectivity index (χ4n) is 7.93. The SMILES string of the molecule is CC=CCCCCC1CCC(C2CCC(CCC3CC=C(c4ccc(CCC)c(F)c4F)CC3)CC2)CC1. The van der Waals surface area contributed by atoms with Gasteiger partial charge in [-0.05, 0) is 118 Å². The van der Waals surface area contributed by atoms with Gasteiger partial charge in [0.05, 0.1) is 0 Å². The van der Waals surface area contributed by atoms with E-state index in [-0.39, 0.29) is 0 Å². The number of benzene rings is 1. The van der Waals surface area contributed by atoms with E-state index in [1.807, 2.05) is 13.0 Å². The van der Waals surface area contributed by atoms with Crippen molar-refractivity contribution in [2.45, 2.75) is 136 Å². The molecule has 0 heterocycles. The van der Waals surface area contributed by atoms with Gasteiger partial charge in [-0.2, -0.15) is 0 Å². The normalized spacial score (nSPS) is 28.5. The first-order valence-electron chi connectivity index (χ1n) is 16.4. The summed E-state index contributed by atoms with van der Waals surface area (Å²) in [5.74, 6) is 3.39. The molecule has 212 valence electrons. The van der Waals surface area contributed by atoms with Gasteiger partial charge in [0.2, 0.25) is 0 Å². The minimum absolute atomic E-state index is 0.498.